The van der Waals surface area contributed by atoms with Crippen LogP contribution in [0.25, 0.3) is 11.1 Å². The van der Waals surface area contributed by atoms with Gasteiger partial charge in [0.25, 0.3) is 0 Å². The Hall–Kier alpha value is -2.94. The summed E-state index contributed by atoms with van der Waals surface area (Å²) in [6.07, 6.45) is 4.79. The number of carbonyl (C=O) groups is 1. The third-order valence-corrected chi connectivity index (χ3v) is 4.99. The van der Waals surface area contributed by atoms with E-state index in [9.17, 15) is 4.79 Å². The number of benzene rings is 2. The van der Waals surface area contributed by atoms with Crippen molar-refractivity contribution >= 4 is 11.6 Å². The quantitative estimate of drug-likeness (QED) is 0.530. The Morgan fingerprint density at radius 2 is 1.79 bits per heavy atom. The van der Waals surface area contributed by atoms with E-state index in [1.807, 2.05) is 49.5 Å². The molecule has 0 unspecified atom stereocenters. The Morgan fingerprint density at radius 3 is 2.46 bits per heavy atom. The third kappa shape index (κ3) is 5.07. The second kappa shape index (κ2) is 9.32. The van der Waals surface area contributed by atoms with E-state index < -0.39 is 0 Å². The summed E-state index contributed by atoms with van der Waals surface area (Å²) < 4.78 is 0. The molecule has 0 aliphatic carbocycles. The largest absolute Gasteiger partial charge is 0.326 e. The Bertz CT molecular complexity index is 931. The summed E-state index contributed by atoms with van der Waals surface area (Å²) in [4.78, 5) is 17.3. The van der Waals surface area contributed by atoms with E-state index in [1.165, 1.54) is 5.56 Å². The van der Waals surface area contributed by atoms with Crippen LogP contribution in [-0.4, -0.2) is 10.9 Å². The van der Waals surface area contributed by atoms with Crippen LogP contribution in [0.3, 0.4) is 0 Å². The fourth-order valence-electron chi connectivity index (χ4n) is 3.44. The summed E-state index contributed by atoms with van der Waals surface area (Å²) >= 11 is 0. The van der Waals surface area contributed by atoms with Gasteiger partial charge in [-0.15, -0.1) is 0 Å². The predicted molar refractivity (Wildman–Crippen MR) is 116 cm³/mol. The van der Waals surface area contributed by atoms with Crippen molar-refractivity contribution in [1.82, 2.24) is 4.98 Å². The number of hydrogen-bond acceptors (Lipinski definition) is 2. The second-order valence-corrected chi connectivity index (χ2v) is 7.36. The topological polar surface area (TPSA) is 42.0 Å². The second-order valence-electron chi connectivity index (χ2n) is 7.36. The van der Waals surface area contributed by atoms with E-state index in [0.29, 0.717) is 0 Å². The number of aromatic nitrogens is 1. The molecule has 3 nitrogen and oxygen atoms in total. The summed E-state index contributed by atoms with van der Waals surface area (Å²) in [6, 6.07) is 20.4. The molecule has 3 rings (SSSR count). The van der Waals surface area contributed by atoms with Gasteiger partial charge in [-0.3, -0.25) is 9.78 Å². The highest BCUT2D eigenvalue weighted by molar-refractivity contribution is 5.96. The van der Waals surface area contributed by atoms with Gasteiger partial charge in [0.2, 0.25) is 5.91 Å². The van der Waals surface area contributed by atoms with Crippen LogP contribution in [-0.2, 0) is 4.79 Å². The molecule has 3 aromatic rings. The van der Waals surface area contributed by atoms with E-state index in [1.54, 1.807) is 0 Å². The Labute approximate surface area is 167 Å². The van der Waals surface area contributed by atoms with Gasteiger partial charge in [-0.1, -0.05) is 61.7 Å². The number of pyridine rings is 1. The van der Waals surface area contributed by atoms with E-state index in [-0.39, 0.29) is 11.8 Å². The number of nitrogens with zero attached hydrogens (tertiary/aromatic N) is 1. The van der Waals surface area contributed by atoms with Crippen LogP contribution >= 0.6 is 0 Å². The van der Waals surface area contributed by atoms with Crippen molar-refractivity contribution < 1.29 is 4.79 Å². The fraction of sp³-hybridized carbons (Fsp3) is 0.280. The minimum atomic E-state index is -0.123. The van der Waals surface area contributed by atoms with E-state index >= 15 is 0 Å². The van der Waals surface area contributed by atoms with Gasteiger partial charge in [0.1, 0.15) is 0 Å². The average Bonchev–Trinajstić information content (AvgIpc) is 2.69. The molecule has 0 bridgehead atoms. The number of hydrogen-bond donors (Lipinski definition) is 1. The molecule has 0 radical (unpaired) electrons. The van der Waals surface area contributed by atoms with Gasteiger partial charge in [0.15, 0.2) is 0 Å². The van der Waals surface area contributed by atoms with Gasteiger partial charge in [-0.25, -0.2) is 0 Å². The number of amides is 1. The first kappa shape index (κ1) is 19.8. The summed E-state index contributed by atoms with van der Waals surface area (Å²) in [5.41, 5.74) is 6.34. The Kier molecular flexibility index (Phi) is 6.59. The molecule has 0 spiro atoms. The number of aryl methyl sites for hydroxylation is 2. The Morgan fingerprint density at radius 1 is 1.00 bits per heavy atom. The van der Waals surface area contributed by atoms with Crippen LogP contribution < -0.4 is 5.32 Å². The zero-order valence-electron chi connectivity index (χ0n) is 16.9. The maximum absolute atomic E-state index is 13.0. The van der Waals surface area contributed by atoms with Crippen molar-refractivity contribution in [3.8, 4) is 11.1 Å². The number of anilines is 1. The van der Waals surface area contributed by atoms with Gasteiger partial charge in [-0.05, 0) is 61.2 Å². The lowest BCUT2D eigenvalue weighted by atomic mass is 9.91. The molecule has 1 N–H and O–H groups in total. The van der Waals surface area contributed by atoms with E-state index in [4.69, 9.17) is 0 Å². The third-order valence-electron chi connectivity index (χ3n) is 4.99. The minimum Gasteiger partial charge on any atom is -0.326 e. The standard InChI is InChI=1S/C25H28N2O/c1-4-5-9-24(22-8-6-7-18(2)16-22)25(28)27-23-12-10-20(11-13-23)21-14-15-26-19(3)17-21/h6-8,10-17,24H,4-5,9H2,1-3H3,(H,27,28)/t24-/m1/s1. The van der Waals surface area contributed by atoms with Gasteiger partial charge in [-0.2, -0.15) is 0 Å². The molecule has 0 saturated heterocycles. The van der Waals surface area contributed by atoms with Crippen LogP contribution in [0.2, 0.25) is 0 Å². The molecule has 1 aromatic heterocycles. The Balaban J connectivity index is 1.75. The molecule has 3 heteroatoms. The molecule has 2 aromatic carbocycles. The number of rotatable bonds is 7. The molecule has 0 fully saturated rings. The van der Waals surface area contributed by atoms with Crippen molar-refractivity contribution in [2.75, 3.05) is 5.32 Å². The predicted octanol–water partition coefficient (Wildman–Crippen LogP) is 6.28. The van der Waals surface area contributed by atoms with Crippen molar-refractivity contribution in [3.05, 3.63) is 83.7 Å². The SMILES string of the molecule is CCCC[C@@H](C(=O)Nc1ccc(-c2ccnc(C)c2)cc1)c1cccc(C)c1. The first-order valence-electron chi connectivity index (χ1n) is 9.97. The van der Waals surface area contributed by atoms with Crippen LogP contribution in [0.15, 0.2) is 66.9 Å². The lowest BCUT2D eigenvalue weighted by Gasteiger charge is -2.18. The maximum Gasteiger partial charge on any atom is 0.231 e. The first-order valence-corrected chi connectivity index (χ1v) is 9.97. The fourth-order valence-corrected chi connectivity index (χ4v) is 3.44. The van der Waals surface area contributed by atoms with Crippen LogP contribution in [0.1, 0.15) is 48.9 Å². The molecule has 28 heavy (non-hydrogen) atoms. The van der Waals surface area contributed by atoms with Crippen molar-refractivity contribution in [3.63, 3.8) is 0 Å². The molecule has 1 amide bonds. The summed E-state index contributed by atoms with van der Waals surface area (Å²) in [5, 5.41) is 3.11. The van der Waals surface area contributed by atoms with Crippen LogP contribution in [0, 0.1) is 13.8 Å². The molecule has 0 saturated carbocycles. The van der Waals surface area contributed by atoms with Crippen molar-refractivity contribution in [2.45, 2.75) is 46.0 Å². The molecule has 1 atom stereocenters. The highest BCUT2D eigenvalue weighted by Crippen LogP contribution is 2.26. The van der Waals surface area contributed by atoms with E-state index in [2.05, 4.69) is 48.4 Å². The van der Waals surface area contributed by atoms with Gasteiger partial charge in [0.05, 0.1) is 5.92 Å². The zero-order valence-corrected chi connectivity index (χ0v) is 16.9. The van der Waals surface area contributed by atoms with Crippen molar-refractivity contribution in [2.24, 2.45) is 0 Å². The van der Waals surface area contributed by atoms with Gasteiger partial charge < -0.3 is 5.32 Å². The summed E-state index contributed by atoms with van der Waals surface area (Å²) in [5.74, 6) is -0.0612. The highest BCUT2D eigenvalue weighted by atomic mass is 16.1. The van der Waals surface area contributed by atoms with Gasteiger partial charge in [0, 0.05) is 17.6 Å². The summed E-state index contributed by atoms with van der Waals surface area (Å²) in [6.45, 7) is 6.21. The summed E-state index contributed by atoms with van der Waals surface area (Å²) in [7, 11) is 0. The maximum atomic E-state index is 13.0. The monoisotopic (exact) mass is 372 g/mol. The molecular formula is C25H28N2O. The molecule has 0 aliphatic heterocycles. The molecule has 144 valence electrons. The number of unbranched alkanes of at least 4 members (excludes halogenated alkanes) is 1. The van der Waals surface area contributed by atoms with Crippen LogP contribution in [0.4, 0.5) is 5.69 Å². The lowest BCUT2D eigenvalue weighted by Crippen LogP contribution is -2.21. The molecule has 0 aliphatic rings. The normalized spacial score (nSPS) is 11.8. The molecule has 1 heterocycles. The first-order chi connectivity index (χ1) is 13.6. The van der Waals surface area contributed by atoms with Crippen LogP contribution in [0.5, 0.6) is 0 Å². The average molecular weight is 373 g/mol. The zero-order chi connectivity index (χ0) is 19.9. The highest BCUT2D eigenvalue weighted by Gasteiger charge is 2.20. The van der Waals surface area contributed by atoms with Crippen molar-refractivity contribution in [1.29, 1.82) is 0 Å². The molecular weight excluding hydrogens is 344 g/mol. The van der Waals surface area contributed by atoms with E-state index in [0.717, 1.165) is 47.3 Å². The smallest absolute Gasteiger partial charge is 0.231 e. The minimum absolute atomic E-state index is 0.0616. The van der Waals surface area contributed by atoms with Gasteiger partial charge >= 0.3 is 0 Å². The lowest BCUT2D eigenvalue weighted by molar-refractivity contribution is -0.117. The number of carbonyl (C=O) groups excluding carboxylic acids is 1. The number of nitrogens with one attached hydrogen (secondary N) is 1.